The van der Waals surface area contributed by atoms with Gasteiger partial charge >= 0.3 is 6.03 Å². The highest BCUT2D eigenvalue weighted by atomic mass is 16.3. The van der Waals surface area contributed by atoms with Crippen LogP contribution in [0.5, 0.6) is 0 Å². The molecule has 9 nitrogen and oxygen atoms in total. The van der Waals surface area contributed by atoms with Gasteiger partial charge in [-0.1, -0.05) is 30.3 Å². The van der Waals surface area contributed by atoms with E-state index in [-0.39, 0.29) is 12.6 Å². The number of hydrogen-bond donors (Lipinski definition) is 5. The Balaban J connectivity index is 1.51. The van der Waals surface area contributed by atoms with Crippen LogP contribution in [0.15, 0.2) is 64.2 Å². The second kappa shape index (κ2) is 12.2. The number of pyridine rings is 1. The van der Waals surface area contributed by atoms with Crippen LogP contribution in [0.1, 0.15) is 18.4 Å². The minimum Gasteiger partial charge on any atom is -0.404 e. The third-order valence-corrected chi connectivity index (χ3v) is 4.80. The van der Waals surface area contributed by atoms with Crippen molar-refractivity contribution in [3.63, 3.8) is 0 Å². The molecular formula is C23H29N7O2. The molecule has 32 heavy (non-hydrogen) atoms. The number of amides is 2. The summed E-state index contributed by atoms with van der Waals surface area (Å²) in [5.74, 6) is 0.867. The predicted molar refractivity (Wildman–Crippen MR) is 129 cm³/mol. The summed E-state index contributed by atoms with van der Waals surface area (Å²) >= 11 is 0. The van der Waals surface area contributed by atoms with Crippen molar-refractivity contribution in [3.05, 3.63) is 59.8 Å². The van der Waals surface area contributed by atoms with Gasteiger partial charge < -0.3 is 21.5 Å². The Labute approximate surface area is 187 Å². The number of aryl methyl sites for hydroxylation is 1. The third-order valence-electron chi connectivity index (χ3n) is 4.80. The number of nitrogens with one attached hydrogen (secondary N) is 3. The van der Waals surface area contributed by atoms with Crippen molar-refractivity contribution in [2.75, 3.05) is 36.9 Å². The Bertz CT molecular complexity index is 987. The number of hydrogen-bond acceptors (Lipinski definition) is 7. The van der Waals surface area contributed by atoms with Crippen molar-refractivity contribution in [2.45, 2.75) is 19.3 Å². The van der Waals surface area contributed by atoms with Crippen LogP contribution in [-0.4, -0.2) is 54.3 Å². The van der Waals surface area contributed by atoms with Gasteiger partial charge in [0, 0.05) is 24.5 Å². The fraction of sp³-hybridized carbons (Fsp3) is 0.304. The first kappa shape index (κ1) is 23.0. The molecule has 0 fully saturated rings. The largest absolute Gasteiger partial charge is 0.404 e. The number of urea groups is 1. The highest BCUT2D eigenvalue weighted by molar-refractivity contribution is 6.19. The van der Waals surface area contributed by atoms with E-state index >= 15 is 0 Å². The highest BCUT2D eigenvalue weighted by Gasteiger charge is 2.16. The summed E-state index contributed by atoms with van der Waals surface area (Å²) in [5.41, 5.74) is 9.08. The Morgan fingerprint density at radius 1 is 1.22 bits per heavy atom. The minimum absolute atomic E-state index is 0.0341. The lowest BCUT2D eigenvalue weighted by atomic mass is 10.1. The van der Waals surface area contributed by atoms with Gasteiger partial charge in [0.2, 0.25) is 0 Å². The zero-order valence-corrected chi connectivity index (χ0v) is 17.9. The fourth-order valence-corrected chi connectivity index (χ4v) is 3.15. The first-order valence-electron chi connectivity index (χ1n) is 10.6. The molecule has 0 saturated carbocycles. The summed E-state index contributed by atoms with van der Waals surface area (Å²) in [6, 6.07) is 13.5. The van der Waals surface area contributed by atoms with E-state index in [1.54, 1.807) is 12.3 Å². The van der Waals surface area contributed by atoms with E-state index in [2.05, 4.69) is 43.1 Å². The van der Waals surface area contributed by atoms with Crippen LogP contribution in [-0.2, 0) is 6.42 Å². The van der Waals surface area contributed by atoms with Crippen molar-refractivity contribution in [3.8, 4) is 0 Å². The quantitative estimate of drug-likeness (QED) is 0.289. The molecule has 0 aliphatic carbocycles. The molecule has 0 unspecified atom stereocenters. The normalized spacial score (nSPS) is 13.3. The fourth-order valence-electron chi connectivity index (χ4n) is 3.15. The molecule has 1 aliphatic heterocycles. The number of fused-ring (bicyclic) bond motifs is 1. The second-order valence-electron chi connectivity index (χ2n) is 7.18. The van der Waals surface area contributed by atoms with Crippen LogP contribution < -0.4 is 21.7 Å². The number of unbranched alkanes of at least 4 members (excludes halogenated alkanes) is 1. The van der Waals surface area contributed by atoms with Gasteiger partial charge in [-0.05, 0) is 37.0 Å². The SMILES string of the molecule is NC=C(C=NCCO)C1=Nc2nc(NC(=O)NCCCCc3ccccc3)ccc2NC1. The molecule has 2 amide bonds. The van der Waals surface area contributed by atoms with Gasteiger partial charge in [0.05, 0.1) is 31.1 Å². The lowest BCUT2D eigenvalue weighted by molar-refractivity contribution is 0.252. The first-order valence-corrected chi connectivity index (χ1v) is 10.6. The zero-order chi connectivity index (χ0) is 22.6. The van der Waals surface area contributed by atoms with Gasteiger partial charge in [-0.15, -0.1) is 0 Å². The number of aromatic nitrogens is 1. The molecule has 6 N–H and O–H groups in total. The van der Waals surface area contributed by atoms with E-state index in [1.165, 1.54) is 11.8 Å². The van der Waals surface area contributed by atoms with Gasteiger partial charge in [0.15, 0.2) is 5.82 Å². The molecule has 9 heteroatoms. The molecule has 2 aromatic rings. The topological polar surface area (TPSA) is 137 Å². The Kier molecular flexibility index (Phi) is 8.76. The molecule has 1 aromatic carbocycles. The Morgan fingerprint density at radius 2 is 2.06 bits per heavy atom. The lowest BCUT2D eigenvalue weighted by Gasteiger charge is -2.18. The summed E-state index contributed by atoms with van der Waals surface area (Å²) in [6.45, 7) is 1.32. The van der Waals surface area contributed by atoms with E-state index in [0.717, 1.165) is 24.9 Å². The number of carbonyl (C=O) groups excluding carboxylic acids is 1. The van der Waals surface area contributed by atoms with Gasteiger partial charge in [0.1, 0.15) is 5.82 Å². The van der Waals surface area contributed by atoms with E-state index in [9.17, 15) is 4.79 Å². The number of rotatable bonds is 10. The van der Waals surface area contributed by atoms with Gasteiger partial charge in [-0.2, -0.15) is 0 Å². The molecule has 0 atom stereocenters. The number of aliphatic hydroxyl groups is 1. The number of anilines is 2. The van der Waals surface area contributed by atoms with E-state index < -0.39 is 0 Å². The van der Waals surface area contributed by atoms with Gasteiger partial charge in [-0.3, -0.25) is 10.3 Å². The maximum absolute atomic E-state index is 12.2. The van der Waals surface area contributed by atoms with E-state index in [1.807, 2.05) is 24.3 Å². The summed E-state index contributed by atoms with van der Waals surface area (Å²) in [7, 11) is 0. The molecule has 3 rings (SSSR count). The first-order chi connectivity index (χ1) is 15.7. The minimum atomic E-state index is -0.302. The highest BCUT2D eigenvalue weighted by Crippen LogP contribution is 2.28. The van der Waals surface area contributed by atoms with E-state index in [0.29, 0.717) is 42.6 Å². The van der Waals surface area contributed by atoms with Crippen molar-refractivity contribution < 1.29 is 9.90 Å². The molecule has 1 aliphatic rings. The third kappa shape index (κ3) is 6.92. The number of aliphatic imine (C=N–C) groups is 2. The molecule has 0 spiro atoms. The van der Waals surface area contributed by atoms with Crippen LogP contribution in [0.2, 0.25) is 0 Å². The summed E-state index contributed by atoms with van der Waals surface area (Å²) in [5, 5.41) is 17.7. The molecular weight excluding hydrogens is 406 g/mol. The maximum atomic E-state index is 12.2. The molecule has 0 radical (unpaired) electrons. The summed E-state index contributed by atoms with van der Waals surface area (Å²) in [6.07, 6.45) is 5.88. The standard InChI is InChI=1S/C23H29N7O2/c24-14-18(15-25-12-13-31)20-16-27-19-9-10-21(29-22(19)28-20)30-23(32)26-11-5-4-8-17-6-2-1-3-7-17/h1-3,6-7,9-10,14-15,27,31H,4-5,8,11-13,16,24H2,(H2,26,29,30,32). The van der Waals surface area contributed by atoms with Crippen molar-refractivity contribution >= 4 is 35.3 Å². The van der Waals surface area contributed by atoms with Gasteiger partial charge in [-0.25, -0.2) is 14.8 Å². The summed E-state index contributed by atoms with van der Waals surface area (Å²) < 4.78 is 0. The number of carbonyl (C=O) groups is 1. The average molecular weight is 436 g/mol. The second-order valence-corrected chi connectivity index (χ2v) is 7.18. The monoisotopic (exact) mass is 435 g/mol. The number of aliphatic hydroxyl groups excluding tert-OH is 1. The van der Waals surface area contributed by atoms with E-state index in [4.69, 9.17) is 10.8 Å². The predicted octanol–water partition coefficient (Wildman–Crippen LogP) is 2.63. The van der Waals surface area contributed by atoms with Crippen molar-refractivity contribution in [1.82, 2.24) is 10.3 Å². The van der Waals surface area contributed by atoms with Gasteiger partial charge in [0.25, 0.3) is 0 Å². The molecule has 2 heterocycles. The summed E-state index contributed by atoms with van der Waals surface area (Å²) in [4.78, 5) is 25.3. The Hall–Kier alpha value is -3.72. The Morgan fingerprint density at radius 3 is 2.84 bits per heavy atom. The zero-order valence-electron chi connectivity index (χ0n) is 17.9. The van der Waals surface area contributed by atoms with Crippen LogP contribution >= 0.6 is 0 Å². The molecule has 168 valence electrons. The van der Waals surface area contributed by atoms with Crippen molar-refractivity contribution in [2.24, 2.45) is 15.7 Å². The molecule has 0 saturated heterocycles. The number of nitrogens with two attached hydrogens (primary N) is 1. The molecule has 0 bridgehead atoms. The number of benzene rings is 1. The van der Waals surface area contributed by atoms with Crippen molar-refractivity contribution in [1.29, 1.82) is 0 Å². The lowest BCUT2D eigenvalue weighted by Crippen LogP contribution is -2.30. The number of nitrogens with zero attached hydrogens (tertiary/aromatic N) is 3. The van der Waals surface area contributed by atoms with Crippen LogP contribution in [0.3, 0.4) is 0 Å². The van der Waals surface area contributed by atoms with Crippen LogP contribution in [0, 0.1) is 0 Å². The average Bonchev–Trinajstić information content (AvgIpc) is 2.82. The molecule has 1 aromatic heterocycles. The maximum Gasteiger partial charge on any atom is 0.320 e. The van der Waals surface area contributed by atoms with Crippen LogP contribution in [0.4, 0.5) is 22.1 Å². The smallest absolute Gasteiger partial charge is 0.320 e. The van der Waals surface area contributed by atoms with Crippen LogP contribution in [0.25, 0.3) is 0 Å².